The maximum atomic E-state index is 13.2. The molecule has 1 aliphatic rings. The smallest absolute Gasteiger partial charge is 0.250 e. The summed E-state index contributed by atoms with van der Waals surface area (Å²) in [7, 11) is 0. The molecule has 2 atom stereocenters. The van der Waals surface area contributed by atoms with Crippen LogP contribution in [0.25, 0.3) is 11.1 Å². The Labute approximate surface area is 213 Å². The van der Waals surface area contributed by atoms with Crippen molar-refractivity contribution in [2.24, 2.45) is 5.92 Å². The average Bonchev–Trinajstić information content (AvgIpc) is 3.67. The predicted molar refractivity (Wildman–Crippen MR) is 141 cm³/mol. The summed E-state index contributed by atoms with van der Waals surface area (Å²) in [5.41, 5.74) is 4.50. The predicted octanol–water partition coefficient (Wildman–Crippen LogP) is 5.58. The molecule has 5 heteroatoms. The zero-order valence-corrected chi connectivity index (χ0v) is 21.0. The molecule has 36 heavy (non-hydrogen) atoms. The van der Waals surface area contributed by atoms with Crippen LogP contribution in [0.3, 0.4) is 0 Å². The fourth-order valence-corrected chi connectivity index (χ4v) is 4.34. The minimum Gasteiger partial charge on any atom is -0.396 e. The lowest BCUT2D eigenvalue weighted by atomic mass is 9.96. The van der Waals surface area contributed by atoms with Crippen LogP contribution in [0.1, 0.15) is 55.9 Å². The van der Waals surface area contributed by atoms with E-state index < -0.39 is 17.7 Å². The first-order chi connectivity index (χ1) is 17.4. The second-order valence-electron chi connectivity index (χ2n) is 10.0. The molecule has 0 bridgehead atoms. The van der Waals surface area contributed by atoms with Gasteiger partial charge in [0.15, 0.2) is 0 Å². The molecule has 186 valence electrons. The first-order valence-electron chi connectivity index (χ1n) is 12.7. The lowest BCUT2D eigenvalue weighted by Gasteiger charge is -2.27. The third-order valence-corrected chi connectivity index (χ3v) is 6.61. The van der Waals surface area contributed by atoms with E-state index in [1.165, 1.54) is 0 Å². The molecule has 0 saturated heterocycles. The molecule has 0 radical (unpaired) electrons. The maximum absolute atomic E-state index is 13.2. The summed E-state index contributed by atoms with van der Waals surface area (Å²) in [6.45, 7) is 4.28. The van der Waals surface area contributed by atoms with Gasteiger partial charge < -0.3 is 15.2 Å². The van der Waals surface area contributed by atoms with Crippen molar-refractivity contribution in [1.82, 2.24) is 5.32 Å². The van der Waals surface area contributed by atoms with Gasteiger partial charge in [-0.05, 0) is 59.4 Å². The highest BCUT2D eigenvalue weighted by molar-refractivity contribution is 5.82. The number of aliphatic hydroxyl groups is 1. The Hall–Kier alpha value is -3.46. The summed E-state index contributed by atoms with van der Waals surface area (Å²) in [6, 6.07) is 28.6. The van der Waals surface area contributed by atoms with E-state index in [2.05, 4.69) is 61.6 Å². The van der Waals surface area contributed by atoms with E-state index in [1.54, 1.807) is 0 Å². The summed E-state index contributed by atoms with van der Waals surface area (Å²) in [5.74, 6) is 0.0360. The monoisotopic (exact) mass is 482 g/mol. The molecule has 0 aliphatic heterocycles. The largest absolute Gasteiger partial charge is 0.396 e. The Morgan fingerprint density at radius 3 is 2.08 bits per heavy atom. The molecular formula is C31H34N2O3. The van der Waals surface area contributed by atoms with E-state index in [9.17, 15) is 10.1 Å². The van der Waals surface area contributed by atoms with Crippen LogP contribution in [0, 0.1) is 17.2 Å². The maximum Gasteiger partial charge on any atom is 0.250 e. The third kappa shape index (κ3) is 6.40. The standard InChI is InChI=1S/C31H34N2O3/c1-22(2)20-28(30(35)33-31(21-32)17-18-31)36-29(26-6-4-3-5-7-26)27-14-12-25(13-15-27)24-10-8-23(9-11-24)16-19-34/h3-15,22,28-29,34H,16-20H2,1-2H3,(H,33,35)/t28-,29+/m0/s1. The number of rotatable bonds is 11. The highest BCUT2D eigenvalue weighted by Gasteiger charge is 2.46. The zero-order chi connectivity index (χ0) is 25.5. The molecule has 3 aromatic carbocycles. The van der Waals surface area contributed by atoms with E-state index >= 15 is 0 Å². The van der Waals surface area contributed by atoms with E-state index in [0.717, 1.165) is 27.8 Å². The molecule has 1 amide bonds. The molecule has 2 N–H and O–H groups in total. The number of carbonyl (C=O) groups excluding carboxylic acids is 1. The Bertz CT molecular complexity index is 1180. The van der Waals surface area contributed by atoms with Crippen LogP contribution >= 0.6 is 0 Å². The molecule has 1 aliphatic carbocycles. The van der Waals surface area contributed by atoms with Gasteiger partial charge in [0.05, 0.1) is 6.07 Å². The van der Waals surface area contributed by atoms with Crippen molar-refractivity contribution in [1.29, 1.82) is 5.26 Å². The van der Waals surface area contributed by atoms with Crippen molar-refractivity contribution in [2.75, 3.05) is 6.61 Å². The summed E-state index contributed by atoms with van der Waals surface area (Å²) < 4.78 is 6.56. The molecule has 0 spiro atoms. The fraction of sp³-hybridized carbons (Fsp3) is 0.355. The number of benzene rings is 3. The van der Waals surface area contributed by atoms with Crippen LogP contribution in [0.2, 0.25) is 0 Å². The first kappa shape index (κ1) is 25.6. The van der Waals surface area contributed by atoms with Crippen LogP contribution in [0.5, 0.6) is 0 Å². The minimum atomic E-state index is -0.730. The summed E-state index contributed by atoms with van der Waals surface area (Å²) in [5, 5.41) is 21.5. The summed E-state index contributed by atoms with van der Waals surface area (Å²) in [4.78, 5) is 13.2. The number of ether oxygens (including phenoxy) is 1. The lowest BCUT2D eigenvalue weighted by Crippen LogP contribution is -2.44. The molecule has 0 aromatic heterocycles. The second-order valence-corrected chi connectivity index (χ2v) is 10.0. The lowest BCUT2D eigenvalue weighted by molar-refractivity contribution is -0.137. The van der Waals surface area contributed by atoms with E-state index in [-0.39, 0.29) is 18.4 Å². The first-order valence-corrected chi connectivity index (χ1v) is 12.7. The molecule has 1 fully saturated rings. The van der Waals surface area contributed by atoms with Crippen molar-refractivity contribution >= 4 is 5.91 Å². The second kappa shape index (κ2) is 11.5. The van der Waals surface area contributed by atoms with Gasteiger partial charge >= 0.3 is 0 Å². The van der Waals surface area contributed by atoms with Crippen molar-refractivity contribution in [3.05, 3.63) is 95.6 Å². The highest BCUT2D eigenvalue weighted by atomic mass is 16.5. The number of nitriles is 1. The zero-order valence-electron chi connectivity index (χ0n) is 21.0. The molecule has 0 unspecified atom stereocenters. The van der Waals surface area contributed by atoms with Gasteiger partial charge in [-0.15, -0.1) is 0 Å². The summed E-state index contributed by atoms with van der Waals surface area (Å²) >= 11 is 0. The van der Waals surface area contributed by atoms with Crippen molar-refractivity contribution < 1.29 is 14.6 Å². The van der Waals surface area contributed by atoms with E-state index in [0.29, 0.717) is 25.7 Å². The van der Waals surface area contributed by atoms with Gasteiger partial charge in [-0.1, -0.05) is 92.7 Å². The summed E-state index contributed by atoms with van der Waals surface area (Å²) in [6.07, 6.45) is 1.51. The molecule has 3 aromatic rings. The number of nitrogens with one attached hydrogen (secondary N) is 1. The Morgan fingerprint density at radius 2 is 1.56 bits per heavy atom. The van der Waals surface area contributed by atoms with E-state index in [4.69, 9.17) is 9.84 Å². The van der Waals surface area contributed by atoms with Gasteiger partial charge in [0.2, 0.25) is 5.91 Å². The molecule has 1 saturated carbocycles. The average molecular weight is 483 g/mol. The highest BCUT2D eigenvalue weighted by Crippen LogP contribution is 2.36. The number of carbonyl (C=O) groups is 1. The minimum absolute atomic E-state index is 0.141. The van der Waals surface area contributed by atoms with Crippen LogP contribution in [0.4, 0.5) is 0 Å². The number of nitrogens with zero attached hydrogens (tertiary/aromatic N) is 1. The van der Waals surface area contributed by atoms with Gasteiger partial charge in [-0.3, -0.25) is 4.79 Å². The molecule has 5 nitrogen and oxygen atoms in total. The topological polar surface area (TPSA) is 82.3 Å². The molecular weight excluding hydrogens is 448 g/mol. The molecule has 0 heterocycles. The fourth-order valence-electron chi connectivity index (χ4n) is 4.34. The van der Waals surface area contributed by atoms with Gasteiger partial charge in [0.25, 0.3) is 0 Å². The van der Waals surface area contributed by atoms with Crippen LogP contribution in [-0.2, 0) is 16.0 Å². The van der Waals surface area contributed by atoms with Gasteiger partial charge in [0, 0.05) is 6.61 Å². The number of hydrogen-bond donors (Lipinski definition) is 2. The van der Waals surface area contributed by atoms with Crippen LogP contribution in [0.15, 0.2) is 78.9 Å². The number of aliphatic hydroxyl groups excluding tert-OH is 1. The SMILES string of the molecule is CC(C)C[C@H](O[C@H](c1ccccc1)c1ccc(-c2ccc(CCO)cc2)cc1)C(=O)NC1(C#N)CC1. The van der Waals surface area contributed by atoms with Crippen LogP contribution in [-0.4, -0.2) is 29.3 Å². The van der Waals surface area contributed by atoms with Crippen LogP contribution < -0.4 is 5.32 Å². The number of hydrogen-bond acceptors (Lipinski definition) is 4. The van der Waals surface area contributed by atoms with E-state index in [1.807, 2.05) is 42.5 Å². The van der Waals surface area contributed by atoms with Crippen molar-refractivity contribution in [3.8, 4) is 17.2 Å². The number of amides is 1. The molecule has 4 rings (SSSR count). The third-order valence-electron chi connectivity index (χ3n) is 6.61. The normalized spacial score (nSPS) is 15.6. The van der Waals surface area contributed by atoms with Crippen molar-refractivity contribution in [2.45, 2.75) is 57.3 Å². The van der Waals surface area contributed by atoms with Gasteiger partial charge in [0.1, 0.15) is 17.7 Å². The van der Waals surface area contributed by atoms with Crippen molar-refractivity contribution in [3.63, 3.8) is 0 Å². The quantitative estimate of drug-likeness (QED) is 0.374. The van der Waals surface area contributed by atoms with Gasteiger partial charge in [-0.25, -0.2) is 0 Å². The Morgan fingerprint density at radius 1 is 0.972 bits per heavy atom. The van der Waals surface area contributed by atoms with Gasteiger partial charge in [-0.2, -0.15) is 5.26 Å². The Kier molecular flexibility index (Phi) is 8.20. The Balaban J connectivity index is 1.59.